The quantitative estimate of drug-likeness (QED) is 0.299. The van der Waals surface area contributed by atoms with Crippen LogP contribution < -0.4 is 5.32 Å². The number of hydrogen-bond donors (Lipinski definition) is 1. The second-order valence-corrected chi connectivity index (χ2v) is 7.37. The minimum Gasteiger partial charge on any atom is -0.357 e. The molecule has 1 aromatic heterocycles. The van der Waals surface area contributed by atoms with Crippen LogP contribution in [-0.2, 0) is 13.1 Å². The van der Waals surface area contributed by atoms with Gasteiger partial charge in [0.2, 0.25) is 0 Å². The first kappa shape index (κ1) is 21.2. The maximum atomic E-state index is 4.88. The van der Waals surface area contributed by atoms with Crippen molar-refractivity contribution in [2.75, 3.05) is 32.7 Å². The Balaban J connectivity index is 0.00000243. The van der Waals surface area contributed by atoms with Crippen molar-refractivity contribution in [1.29, 1.82) is 0 Å². The highest BCUT2D eigenvalue weighted by molar-refractivity contribution is 14.0. The summed E-state index contributed by atoms with van der Waals surface area (Å²) in [5.41, 5.74) is 0. The number of halogens is 1. The molecule has 1 aromatic rings. The molecule has 0 aliphatic carbocycles. The second-order valence-electron chi connectivity index (χ2n) is 7.37. The van der Waals surface area contributed by atoms with Crippen LogP contribution in [0, 0.1) is 5.92 Å². The molecule has 3 rings (SSSR count). The van der Waals surface area contributed by atoms with E-state index >= 15 is 0 Å². The summed E-state index contributed by atoms with van der Waals surface area (Å²) in [6.45, 7) is 13.4. The van der Waals surface area contributed by atoms with Crippen LogP contribution in [0.1, 0.15) is 33.0 Å². The average molecular weight is 472 g/mol. The first-order valence-electron chi connectivity index (χ1n) is 9.59. The molecule has 1 unspecified atom stereocenters. The Labute approximate surface area is 174 Å². The monoisotopic (exact) mass is 472 g/mol. The van der Waals surface area contributed by atoms with Crippen molar-refractivity contribution in [2.45, 2.75) is 46.3 Å². The summed E-state index contributed by atoms with van der Waals surface area (Å²) in [5.74, 6) is 2.68. The fraction of sp³-hybridized carbons (Fsp3) is 0.684. The van der Waals surface area contributed by atoms with Crippen molar-refractivity contribution in [3.8, 4) is 0 Å². The topological polar surface area (TPSA) is 48.7 Å². The lowest BCUT2D eigenvalue weighted by atomic mass is 10.2. The molecule has 1 N–H and O–H groups in total. The maximum absolute atomic E-state index is 4.88. The molecule has 1 atom stereocenters. The van der Waals surface area contributed by atoms with Crippen LogP contribution in [0.15, 0.2) is 29.5 Å². The first-order valence-corrected chi connectivity index (χ1v) is 9.59. The Bertz CT molecular complexity index is 601. The normalized spacial score (nSPS) is 20.8. The Morgan fingerprint density at radius 1 is 1.35 bits per heavy atom. The van der Waals surface area contributed by atoms with Gasteiger partial charge in [-0.05, 0) is 19.3 Å². The molecule has 0 spiro atoms. The summed E-state index contributed by atoms with van der Waals surface area (Å²) in [4.78, 5) is 14.3. The van der Waals surface area contributed by atoms with E-state index in [0.717, 1.165) is 51.1 Å². The molecule has 1 saturated heterocycles. The van der Waals surface area contributed by atoms with Crippen LogP contribution in [-0.4, -0.2) is 64.1 Å². The number of nitrogens with one attached hydrogen (secondary N) is 1. The highest BCUT2D eigenvalue weighted by Gasteiger charge is 2.29. The van der Waals surface area contributed by atoms with Gasteiger partial charge in [0.25, 0.3) is 0 Å². The van der Waals surface area contributed by atoms with Crippen molar-refractivity contribution in [2.24, 2.45) is 10.9 Å². The minimum absolute atomic E-state index is 0. The number of imidazole rings is 1. The standard InChI is InChI=1S/C19H32N6.HI/c1-4-20-19(22-13-18-21-8-12-24(18)14-16(2)3)25-11-7-17(15-25)23-9-5-6-10-23;/h5-6,8,12,16-17H,4,7,9-11,13-15H2,1-3H3,(H,20,22);1H. The molecular weight excluding hydrogens is 439 g/mol. The van der Waals surface area contributed by atoms with Gasteiger partial charge >= 0.3 is 0 Å². The average Bonchev–Trinajstić information content (AvgIpc) is 3.32. The molecule has 26 heavy (non-hydrogen) atoms. The van der Waals surface area contributed by atoms with Crippen molar-refractivity contribution < 1.29 is 0 Å². The Hall–Kier alpha value is -1.09. The molecule has 0 bridgehead atoms. The van der Waals surface area contributed by atoms with Gasteiger partial charge in [-0.25, -0.2) is 9.98 Å². The van der Waals surface area contributed by atoms with Crippen molar-refractivity contribution in [3.63, 3.8) is 0 Å². The fourth-order valence-electron chi connectivity index (χ4n) is 3.65. The van der Waals surface area contributed by atoms with Crippen molar-refractivity contribution in [1.82, 2.24) is 24.7 Å². The number of nitrogens with zero attached hydrogens (tertiary/aromatic N) is 5. The number of hydrogen-bond acceptors (Lipinski definition) is 3. The third-order valence-corrected chi connectivity index (χ3v) is 4.89. The third-order valence-electron chi connectivity index (χ3n) is 4.89. The summed E-state index contributed by atoms with van der Waals surface area (Å²) < 4.78 is 2.22. The van der Waals surface area contributed by atoms with Crippen LogP contribution in [0.4, 0.5) is 0 Å². The molecule has 0 amide bonds. The molecule has 0 aromatic carbocycles. The molecule has 2 aliphatic heterocycles. The maximum Gasteiger partial charge on any atom is 0.194 e. The zero-order valence-electron chi connectivity index (χ0n) is 16.3. The number of aliphatic imine (C=N–C) groups is 1. The van der Waals surface area contributed by atoms with E-state index in [1.807, 2.05) is 6.20 Å². The molecule has 6 nitrogen and oxygen atoms in total. The lowest BCUT2D eigenvalue weighted by molar-refractivity contribution is 0.259. The number of aromatic nitrogens is 2. The predicted octanol–water partition coefficient (Wildman–Crippen LogP) is 2.57. The van der Waals surface area contributed by atoms with Gasteiger partial charge < -0.3 is 14.8 Å². The second kappa shape index (κ2) is 10.3. The van der Waals surface area contributed by atoms with E-state index in [0.29, 0.717) is 18.5 Å². The first-order chi connectivity index (χ1) is 12.2. The van der Waals surface area contributed by atoms with Gasteiger partial charge in [-0.2, -0.15) is 0 Å². The van der Waals surface area contributed by atoms with E-state index in [4.69, 9.17) is 4.99 Å². The smallest absolute Gasteiger partial charge is 0.194 e. The molecule has 146 valence electrons. The summed E-state index contributed by atoms with van der Waals surface area (Å²) in [7, 11) is 0. The van der Waals surface area contributed by atoms with Crippen LogP contribution in [0.3, 0.4) is 0 Å². The molecule has 3 heterocycles. The Morgan fingerprint density at radius 3 is 2.81 bits per heavy atom. The molecule has 2 aliphatic rings. The number of guanidine groups is 1. The van der Waals surface area contributed by atoms with Crippen LogP contribution in [0.2, 0.25) is 0 Å². The lowest BCUT2D eigenvalue weighted by Gasteiger charge is -2.25. The highest BCUT2D eigenvalue weighted by atomic mass is 127. The van der Waals surface area contributed by atoms with E-state index in [9.17, 15) is 0 Å². The fourth-order valence-corrected chi connectivity index (χ4v) is 3.65. The van der Waals surface area contributed by atoms with Crippen molar-refractivity contribution in [3.05, 3.63) is 30.4 Å². The Kier molecular flexibility index (Phi) is 8.40. The van der Waals surface area contributed by atoms with E-state index in [1.165, 1.54) is 6.42 Å². The van der Waals surface area contributed by atoms with E-state index in [1.54, 1.807) is 0 Å². The van der Waals surface area contributed by atoms with Crippen LogP contribution in [0.25, 0.3) is 0 Å². The number of rotatable bonds is 6. The molecule has 1 fully saturated rings. The minimum atomic E-state index is 0. The highest BCUT2D eigenvalue weighted by Crippen LogP contribution is 2.18. The third kappa shape index (κ3) is 5.45. The van der Waals surface area contributed by atoms with Gasteiger partial charge in [0.15, 0.2) is 5.96 Å². The van der Waals surface area contributed by atoms with Gasteiger partial charge in [0, 0.05) is 57.7 Å². The van der Waals surface area contributed by atoms with Gasteiger partial charge in [-0.3, -0.25) is 4.90 Å². The van der Waals surface area contributed by atoms with Crippen LogP contribution >= 0.6 is 24.0 Å². The molecule has 7 heteroatoms. The van der Waals surface area contributed by atoms with E-state index in [-0.39, 0.29) is 24.0 Å². The summed E-state index contributed by atoms with van der Waals surface area (Å²) in [5, 5.41) is 3.46. The Morgan fingerprint density at radius 2 is 2.12 bits per heavy atom. The lowest BCUT2D eigenvalue weighted by Crippen LogP contribution is -2.42. The van der Waals surface area contributed by atoms with Gasteiger partial charge in [-0.1, -0.05) is 26.0 Å². The molecular formula is C19H33IN6. The predicted molar refractivity (Wildman–Crippen MR) is 118 cm³/mol. The largest absolute Gasteiger partial charge is 0.357 e. The summed E-state index contributed by atoms with van der Waals surface area (Å²) >= 11 is 0. The van der Waals surface area contributed by atoms with Crippen molar-refractivity contribution >= 4 is 29.9 Å². The SMILES string of the molecule is CCNC(=NCc1nccn1CC(C)C)N1CCC(N2CC=CC2)C1.I. The molecule has 0 radical (unpaired) electrons. The summed E-state index contributed by atoms with van der Waals surface area (Å²) in [6, 6.07) is 0.641. The van der Waals surface area contributed by atoms with Gasteiger partial charge in [-0.15, -0.1) is 24.0 Å². The van der Waals surface area contributed by atoms with E-state index < -0.39 is 0 Å². The van der Waals surface area contributed by atoms with Gasteiger partial charge in [0.05, 0.1) is 0 Å². The van der Waals surface area contributed by atoms with E-state index in [2.05, 4.69) is 63.8 Å². The zero-order valence-corrected chi connectivity index (χ0v) is 18.6. The van der Waals surface area contributed by atoms with Gasteiger partial charge in [0.1, 0.15) is 12.4 Å². The summed E-state index contributed by atoms with van der Waals surface area (Å²) in [6.07, 6.45) is 9.71. The molecule has 0 saturated carbocycles. The van der Waals surface area contributed by atoms with Crippen LogP contribution in [0.5, 0.6) is 0 Å². The number of likely N-dealkylation sites (tertiary alicyclic amines) is 1. The zero-order chi connectivity index (χ0) is 17.6.